The summed E-state index contributed by atoms with van der Waals surface area (Å²) in [6.07, 6.45) is 3.57. The highest BCUT2D eigenvalue weighted by Crippen LogP contribution is 2.46. The van der Waals surface area contributed by atoms with Crippen LogP contribution in [0.1, 0.15) is 30.7 Å². The first-order chi connectivity index (χ1) is 12.1. The molecule has 2 saturated heterocycles. The van der Waals surface area contributed by atoms with Gasteiger partial charge in [0.15, 0.2) is 0 Å². The van der Waals surface area contributed by atoms with E-state index in [0.29, 0.717) is 35.5 Å². The molecule has 0 radical (unpaired) electrons. The van der Waals surface area contributed by atoms with Crippen molar-refractivity contribution in [2.45, 2.75) is 37.3 Å². The summed E-state index contributed by atoms with van der Waals surface area (Å²) in [4.78, 5) is 2.52. The maximum atomic E-state index is 13.3. The highest BCUT2D eigenvalue weighted by atomic mass is 35.5. The van der Waals surface area contributed by atoms with Crippen molar-refractivity contribution in [1.29, 1.82) is 0 Å². The summed E-state index contributed by atoms with van der Waals surface area (Å²) in [5.74, 6) is 1.45. The van der Waals surface area contributed by atoms with Crippen molar-refractivity contribution in [2.24, 2.45) is 5.92 Å². The summed E-state index contributed by atoms with van der Waals surface area (Å²) in [7, 11) is 2.23. The first kappa shape index (κ1) is 16.9. The molecule has 0 aliphatic carbocycles. The van der Waals surface area contributed by atoms with Gasteiger partial charge in [-0.3, -0.25) is 0 Å². The standard InChI is InChI=1S/C21H23ClFNO/c1-24-17-9-10-21(24)20(13-25-18-4-2-3-15(22)11-18)19(12-17)14-5-7-16(23)8-6-14/h2-8,11,17,19-21H,9-10,12-13H2,1H3/t17?,19-,20-,21-/m1/s1. The van der Waals surface area contributed by atoms with Crippen LogP contribution in [-0.4, -0.2) is 30.6 Å². The van der Waals surface area contributed by atoms with Crippen LogP contribution in [-0.2, 0) is 0 Å². The molecule has 0 spiro atoms. The quantitative estimate of drug-likeness (QED) is 0.750. The Morgan fingerprint density at radius 2 is 1.96 bits per heavy atom. The Hall–Kier alpha value is -1.58. The predicted octanol–water partition coefficient (Wildman–Crippen LogP) is 5.12. The average molecular weight is 360 g/mol. The number of ether oxygens (including phenoxy) is 1. The molecule has 2 heterocycles. The van der Waals surface area contributed by atoms with Crippen molar-refractivity contribution >= 4 is 11.6 Å². The minimum absolute atomic E-state index is 0.175. The molecule has 0 saturated carbocycles. The van der Waals surface area contributed by atoms with E-state index in [2.05, 4.69) is 11.9 Å². The number of hydrogen-bond acceptors (Lipinski definition) is 2. The second kappa shape index (κ2) is 6.97. The Morgan fingerprint density at radius 3 is 2.72 bits per heavy atom. The van der Waals surface area contributed by atoms with Crippen LogP contribution in [0, 0.1) is 11.7 Å². The molecule has 4 heteroatoms. The summed E-state index contributed by atoms with van der Waals surface area (Å²) >= 11 is 6.07. The fraction of sp³-hybridized carbons (Fsp3) is 0.429. The fourth-order valence-corrected chi connectivity index (χ4v) is 4.83. The van der Waals surface area contributed by atoms with E-state index in [1.807, 2.05) is 36.4 Å². The molecule has 2 nitrogen and oxygen atoms in total. The molecular weight excluding hydrogens is 337 g/mol. The van der Waals surface area contributed by atoms with Gasteiger partial charge in [0.1, 0.15) is 11.6 Å². The molecule has 2 aliphatic rings. The zero-order valence-electron chi connectivity index (χ0n) is 14.4. The zero-order chi connectivity index (χ0) is 17.4. The normalized spacial score (nSPS) is 28.9. The second-order valence-corrected chi connectivity index (χ2v) is 7.73. The SMILES string of the molecule is CN1C2CC[C@@H]1[C@H](COc1cccc(Cl)c1)[C@@H](c1ccc(F)cc1)C2. The Bertz CT molecular complexity index is 735. The van der Waals surface area contributed by atoms with Crippen molar-refractivity contribution in [1.82, 2.24) is 4.90 Å². The number of halogens is 2. The molecule has 0 N–H and O–H groups in total. The Morgan fingerprint density at radius 1 is 1.16 bits per heavy atom. The summed E-state index contributed by atoms with van der Waals surface area (Å²) in [5.41, 5.74) is 1.23. The van der Waals surface area contributed by atoms with E-state index in [4.69, 9.17) is 16.3 Å². The van der Waals surface area contributed by atoms with E-state index in [1.165, 1.54) is 18.4 Å². The molecule has 2 aliphatic heterocycles. The topological polar surface area (TPSA) is 12.5 Å². The van der Waals surface area contributed by atoms with E-state index in [-0.39, 0.29) is 5.82 Å². The lowest BCUT2D eigenvalue weighted by molar-refractivity contribution is 0.0666. The lowest BCUT2D eigenvalue weighted by Crippen LogP contribution is -2.47. The minimum Gasteiger partial charge on any atom is -0.493 e. The average Bonchev–Trinajstić information content (AvgIpc) is 2.85. The largest absolute Gasteiger partial charge is 0.493 e. The van der Waals surface area contributed by atoms with Crippen LogP contribution in [0.5, 0.6) is 5.75 Å². The second-order valence-electron chi connectivity index (χ2n) is 7.29. The van der Waals surface area contributed by atoms with Crippen LogP contribution < -0.4 is 4.74 Å². The van der Waals surface area contributed by atoms with Gasteiger partial charge in [-0.25, -0.2) is 4.39 Å². The lowest BCUT2D eigenvalue weighted by Gasteiger charge is -2.43. The molecule has 0 aromatic heterocycles. The van der Waals surface area contributed by atoms with E-state index in [9.17, 15) is 4.39 Å². The molecule has 4 atom stereocenters. The monoisotopic (exact) mass is 359 g/mol. The number of benzene rings is 2. The minimum atomic E-state index is -0.175. The number of piperidine rings is 1. The van der Waals surface area contributed by atoms with Crippen molar-refractivity contribution in [3.8, 4) is 5.75 Å². The third-order valence-electron chi connectivity index (χ3n) is 5.97. The highest BCUT2D eigenvalue weighted by molar-refractivity contribution is 6.30. The third kappa shape index (κ3) is 3.40. The van der Waals surface area contributed by atoms with Crippen molar-refractivity contribution < 1.29 is 9.13 Å². The number of nitrogens with zero attached hydrogens (tertiary/aromatic N) is 1. The van der Waals surface area contributed by atoms with Gasteiger partial charge in [-0.15, -0.1) is 0 Å². The number of fused-ring (bicyclic) bond motifs is 2. The van der Waals surface area contributed by atoms with Crippen LogP contribution in [0.3, 0.4) is 0 Å². The lowest BCUT2D eigenvalue weighted by atomic mass is 9.76. The van der Waals surface area contributed by atoms with Crippen LogP contribution in [0.2, 0.25) is 5.02 Å². The third-order valence-corrected chi connectivity index (χ3v) is 6.20. The number of hydrogen-bond donors (Lipinski definition) is 0. The van der Waals surface area contributed by atoms with Gasteiger partial charge >= 0.3 is 0 Å². The van der Waals surface area contributed by atoms with Gasteiger partial charge in [0, 0.05) is 23.0 Å². The van der Waals surface area contributed by atoms with E-state index < -0.39 is 0 Å². The highest BCUT2D eigenvalue weighted by Gasteiger charge is 2.46. The van der Waals surface area contributed by atoms with Crippen LogP contribution in [0.25, 0.3) is 0 Å². The zero-order valence-corrected chi connectivity index (χ0v) is 15.1. The van der Waals surface area contributed by atoms with E-state index >= 15 is 0 Å². The van der Waals surface area contributed by atoms with Gasteiger partial charge in [-0.1, -0.05) is 29.8 Å². The van der Waals surface area contributed by atoms with Crippen LogP contribution >= 0.6 is 11.6 Å². The first-order valence-corrected chi connectivity index (χ1v) is 9.35. The van der Waals surface area contributed by atoms with Gasteiger partial charge < -0.3 is 9.64 Å². The maximum Gasteiger partial charge on any atom is 0.123 e. The first-order valence-electron chi connectivity index (χ1n) is 8.97. The Labute approximate surface area is 153 Å². The van der Waals surface area contributed by atoms with Gasteiger partial charge in [0.05, 0.1) is 6.61 Å². The molecule has 2 aromatic carbocycles. The van der Waals surface area contributed by atoms with Gasteiger partial charge in [-0.2, -0.15) is 0 Å². The molecule has 4 rings (SSSR count). The molecule has 0 amide bonds. The van der Waals surface area contributed by atoms with Crippen LogP contribution in [0.4, 0.5) is 4.39 Å². The predicted molar refractivity (Wildman–Crippen MR) is 98.8 cm³/mol. The van der Waals surface area contributed by atoms with Crippen LogP contribution in [0.15, 0.2) is 48.5 Å². The summed E-state index contributed by atoms with van der Waals surface area (Å²) < 4.78 is 19.5. The number of rotatable bonds is 4. The summed E-state index contributed by atoms with van der Waals surface area (Å²) in [5, 5.41) is 0.689. The Balaban J connectivity index is 1.57. The molecule has 25 heavy (non-hydrogen) atoms. The fourth-order valence-electron chi connectivity index (χ4n) is 4.65. The molecule has 2 aromatic rings. The molecule has 1 unspecified atom stereocenters. The van der Waals surface area contributed by atoms with Crippen molar-refractivity contribution in [2.75, 3.05) is 13.7 Å². The molecular formula is C21H23ClFNO. The molecule has 2 fully saturated rings. The smallest absolute Gasteiger partial charge is 0.123 e. The van der Waals surface area contributed by atoms with Gasteiger partial charge in [-0.05, 0) is 68.1 Å². The molecule has 132 valence electrons. The van der Waals surface area contributed by atoms with Crippen molar-refractivity contribution in [3.05, 3.63) is 64.9 Å². The van der Waals surface area contributed by atoms with Gasteiger partial charge in [0.25, 0.3) is 0 Å². The molecule has 2 bridgehead atoms. The van der Waals surface area contributed by atoms with E-state index in [1.54, 1.807) is 12.1 Å². The van der Waals surface area contributed by atoms with Crippen molar-refractivity contribution in [3.63, 3.8) is 0 Å². The summed E-state index contributed by atoms with van der Waals surface area (Å²) in [6.45, 7) is 0.657. The summed E-state index contributed by atoms with van der Waals surface area (Å²) in [6, 6.07) is 15.7. The maximum absolute atomic E-state index is 13.3. The Kier molecular flexibility index (Phi) is 4.70. The van der Waals surface area contributed by atoms with Gasteiger partial charge in [0.2, 0.25) is 0 Å². The van der Waals surface area contributed by atoms with E-state index in [0.717, 1.165) is 12.2 Å².